The van der Waals surface area contributed by atoms with Crippen molar-refractivity contribution in [2.75, 3.05) is 16.6 Å². The molecule has 0 fully saturated rings. The Kier molecular flexibility index (Phi) is 5.77. The minimum absolute atomic E-state index is 0.0119. The topological polar surface area (TPSA) is 102 Å². The zero-order chi connectivity index (χ0) is 22.8. The largest absolute Gasteiger partial charge is 0.497 e. The standard InChI is InChI=1S/C23H20N2O5S2/c1-30-19-11-15-21(16-12-19)31(26,27)24-18-9-13-20(14-10-18)32(28,29)25-23-8-4-6-17-5-2-3-7-22(17)23/h2-16,24-25H,1H3. The number of hydrogen-bond donors (Lipinski definition) is 2. The molecule has 0 aliphatic carbocycles. The summed E-state index contributed by atoms with van der Waals surface area (Å²) in [5, 5.41) is 1.69. The number of rotatable bonds is 7. The lowest BCUT2D eigenvalue weighted by atomic mass is 10.1. The van der Waals surface area contributed by atoms with Gasteiger partial charge in [-0.15, -0.1) is 0 Å². The van der Waals surface area contributed by atoms with Gasteiger partial charge in [0.05, 0.1) is 22.6 Å². The number of hydrogen-bond acceptors (Lipinski definition) is 5. The zero-order valence-corrected chi connectivity index (χ0v) is 18.7. The highest BCUT2D eigenvalue weighted by molar-refractivity contribution is 7.93. The molecule has 4 aromatic carbocycles. The fraction of sp³-hybridized carbons (Fsp3) is 0.0435. The summed E-state index contributed by atoms with van der Waals surface area (Å²) in [6, 6.07) is 24.3. The maximum Gasteiger partial charge on any atom is 0.261 e. The Hall–Kier alpha value is -3.56. The van der Waals surface area contributed by atoms with Crippen LogP contribution in [0.5, 0.6) is 5.75 Å². The Morgan fingerprint density at radius 3 is 1.84 bits per heavy atom. The molecule has 0 bridgehead atoms. The number of methoxy groups -OCH3 is 1. The third kappa shape index (κ3) is 4.53. The van der Waals surface area contributed by atoms with Crippen LogP contribution in [0, 0.1) is 0 Å². The summed E-state index contributed by atoms with van der Waals surface area (Å²) in [6.45, 7) is 0. The molecule has 0 aliphatic rings. The Morgan fingerprint density at radius 1 is 0.625 bits per heavy atom. The van der Waals surface area contributed by atoms with Gasteiger partial charge in [-0.1, -0.05) is 36.4 Å². The fourth-order valence-electron chi connectivity index (χ4n) is 3.19. The van der Waals surface area contributed by atoms with E-state index in [1.807, 2.05) is 30.3 Å². The van der Waals surface area contributed by atoms with Crippen molar-refractivity contribution in [3.63, 3.8) is 0 Å². The summed E-state index contributed by atoms with van der Waals surface area (Å²) in [5.74, 6) is 0.539. The molecule has 0 saturated heterocycles. The molecule has 7 nitrogen and oxygen atoms in total. The molecule has 0 saturated carbocycles. The highest BCUT2D eigenvalue weighted by Gasteiger charge is 2.18. The lowest BCUT2D eigenvalue weighted by Gasteiger charge is -2.12. The van der Waals surface area contributed by atoms with Crippen molar-refractivity contribution < 1.29 is 21.6 Å². The second kappa shape index (κ2) is 8.52. The first-order valence-corrected chi connectivity index (χ1v) is 12.5. The average Bonchev–Trinajstić information content (AvgIpc) is 2.79. The van der Waals surface area contributed by atoms with Crippen molar-refractivity contribution in [3.8, 4) is 5.75 Å². The Balaban J connectivity index is 1.54. The van der Waals surface area contributed by atoms with Crippen LogP contribution in [0.15, 0.2) is 101 Å². The summed E-state index contributed by atoms with van der Waals surface area (Å²) in [6.07, 6.45) is 0. The minimum Gasteiger partial charge on any atom is -0.497 e. The summed E-state index contributed by atoms with van der Waals surface area (Å²) in [7, 11) is -6.20. The Labute approximate surface area is 186 Å². The summed E-state index contributed by atoms with van der Waals surface area (Å²) < 4.78 is 60.9. The molecule has 0 heterocycles. The highest BCUT2D eigenvalue weighted by atomic mass is 32.2. The van der Waals surface area contributed by atoms with Crippen molar-refractivity contribution >= 4 is 42.2 Å². The van der Waals surface area contributed by atoms with Crippen molar-refractivity contribution in [1.82, 2.24) is 0 Å². The predicted octanol–water partition coefficient (Wildman–Crippen LogP) is 4.45. The summed E-state index contributed by atoms with van der Waals surface area (Å²) in [4.78, 5) is 0.0745. The normalized spacial score (nSPS) is 11.8. The number of ether oxygens (including phenoxy) is 1. The minimum atomic E-state index is -3.87. The molecular formula is C23H20N2O5S2. The first-order valence-electron chi connectivity index (χ1n) is 9.56. The molecule has 0 atom stereocenters. The number of nitrogens with one attached hydrogen (secondary N) is 2. The van der Waals surface area contributed by atoms with Gasteiger partial charge in [0.25, 0.3) is 20.0 Å². The van der Waals surface area contributed by atoms with Crippen LogP contribution in [0.2, 0.25) is 0 Å². The third-order valence-electron chi connectivity index (χ3n) is 4.82. The molecule has 0 aliphatic heterocycles. The van der Waals surface area contributed by atoms with E-state index in [9.17, 15) is 16.8 Å². The number of fused-ring (bicyclic) bond motifs is 1. The quantitative estimate of drug-likeness (QED) is 0.417. The molecule has 32 heavy (non-hydrogen) atoms. The molecule has 0 radical (unpaired) electrons. The monoisotopic (exact) mass is 468 g/mol. The number of benzene rings is 4. The highest BCUT2D eigenvalue weighted by Crippen LogP contribution is 2.26. The molecule has 0 spiro atoms. The fourth-order valence-corrected chi connectivity index (χ4v) is 5.33. The van der Waals surface area contributed by atoms with Crippen LogP contribution in [-0.4, -0.2) is 23.9 Å². The van der Waals surface area contributed by atoms with E-state index in [1.165, 1.54) is 43.5 Å². The SMILES string of the molecule is COc1ccc(S(=O)(=O)Nc2ccc(S(=O)(=O)Nc3cccc4ccccc34)cc2)cc1. The van der Waals surface area contributed by atoms with Crippen LogP contribution in [-0.2, 0) is 20.0 Å². The van der Waals surface area contributed by atoms with E-state index in [4.69, 9.17) is 4.74 Å². The van der Waals surface area contributed by atoms with Crippen LogP contribution in [0.25, 0.3) is 10.8 Å². The van der Waals surface area contributed by atoms with Gasteiger partial charge in [-0.2, -0.15) is 0 Å². The second-order valence-corrected chi connectivity index (χ2v) is 10.3. The lowest BCUT2D eigenvalue weighted by molar-refractivity contribution is 0.414. The molecule has 4 aromatic rings. The van der Waals surface area contributed by atoms with Crippen molar-refractivity contribution in [2.24, 2.45) is 0 Å². The first-order chi connectivity index (χ1) is 15.3. The molecule has 0 aromatic heterocycles. The van der Waals surface area contributed by atoms with E-state index in [1.54, 1.807) is 24.3 Å². The Morgan fingerprint density at radius 2 is 1.19 bits per heavy atom. The van der Waals surface area contributed by atoms with Crippen LogP contribution in [0.4, 0.5) is 11.4 Å². The molecule has 9 heteroatoms. The van der Waals surface area contributed by atoms with Gasteiger partial charge < -0.3 is 4.74 Å². The van der Waals surface area contributed by atoms with Gasteiger partial charge in [-0.05, 0) is 60.0 Å². The van der Waals surface area contributed by atoms with Crippen molar-refractivity contribution in [3.05, 3.63) is 91.0 Å². The third-order valence-corrected chi connectivity index (χ3v) is 7.60. The van der Waals surface area contributed by atoms with Crippen LogP contribution >= 0.6 is 0 Å². The van der Waals surface area contributed by atoms with E-state index in [0.29, 0.717) is 11.4 Å². The molecular weight excluding hydrogens is 448 g/mol. The molecule has 4 rings (SSSR count). The van der Waals surface area contributed by atoms with Crippen LogP contribution < -0.4 is 14.2 Å². The van der Waals surface area contributed by atoms with Crippen LogP contribution in [0.3, 0.4) is 0 Å². The van der Waals surface area contributed by atoms with Crippen molar-refractivity contribution in [2.45, 2.75) is 9.79 Å². The molecule has 0 amide bonds. The van der Waals surface area contributed by atoms with E-state index in [0.717, 1.165) is 10.8 Å². The summed E-state index contributed by atoms with van der Waals surface area (Å²) >= 11 is 0. The van der Waals surface area contributed by atoms with Gasteiger partial charge in [0.2, 0.25) is 0 Å². The van der Waals surface area contributed by atoms with Gasteiger partial charge >= 0.3 is 0 Å². The van der Waals surface area contributed by atoms with Gasteiger partial charge in [0.15, 0.2) is 0 Å². The van der Waals surface area contributed by atoms with Crippen LogP contribution in [0.1, 0.15) is 0 Å². The van der Waals surface area contributed by atoms with Gasteiger partial charge in [0, 0.05) is 11.1 Å². The smallest absolute Gasteiger partial charge is 0.261 e. The van der Waals surface area contributed by atoms with E-state index in [2.05, 4.69) is 9.44 Å². The molecule has 0 unspecified atom stereocenters. The van der Waals surface area contributed by atoms with E-state index >= 15 is 0 Å². The zero-order valence-electron chi connectivity index (χ0n) is 17.0. The Bertz CT molecular complexity index is 1460. The maximum atomic E-state index is 12.9. The number of sulfonamides is 2. The van der Waals surface area contributed by atoms with Gasteiger partial charge in [-0.25, -0.2) is 16.8 Å². The van der Waals surface area contributed by atoms with E-state index in [-0.39, 0.29) is 15.5 Å². The first kappa shape index (κ1) is 21.7. The number of anilines is 2. The molecule has 164 valence electrons. The second-order valence-electron chi connectivity index (χ2n) is 6.94. The molecule has 2 N–H and O–H groups in total. The summed E-state index contributed by atoms with van der Waals surface area (Å²) in [5.41, 5.74) is 0.706. The van der Waals surface area contributed by atoms with E-state index < -0.39 is 20.0 Å². The predicted molar refractivity (Wildman–Crippen MR) is 125 cm³/mol. The van der Waals surface area contributed by atoms with Crippen molar-refractivity contribution in [1.29, 1.82) is 0 Å². The maximum absolute atomic E-state index is 12.9. The van der Waals surface area contributed by atoms with Gasteiger partial charge in [0.1, 0.15) is 5.75 Å². The lowest BCUT2D eigenvalue weighted by Crippen LogP contribution is -2.14. The van der Waals surface area contributed by atoms with Gasteiger partial charge in [-0.3, -0.25) is 9.44 Å². The average molecular weight is 469 g/mol.